The van der Waals surface area contributed by atoms with Crippen LogP contribution in [0.25, 0.3) is 0 Å². The van der Waals surface area contributed by atoms with Gasteiger partial charge in [0.05, 0.1) is 27.2 Å². The van der Waals surface area contributed by atoms with E-state index in [0.29, 0.717) is 29.3 Å². The molecule has 1 aliphatic heterocycles. The van der Waals surface area contributed by atoms with Crippen molar-refractivity contribution in [3.05, 3.63) is 21.9 Å². The molecule has 1 aromatic carbocycles. The average Bonchev–Trinajstić information content (AvgIpc) is 3.16. The fourth-order valence-electron chi connectivity index (χ4n) is 2.84. The van der Waals surface area contributed by atoms with Crippen molar-refractivity contribution in [3.8, 4) is 23.6 Å². The van der Waals surface area contributed by atoms with E-state index in [1.165, 1.54) is 23.5 Å². The van der Waals surface area contributed by atoms with Crippen LogP contribution in [0.4, 0.5) is 0 Å². The van der Waals surface area contributed by atoms with Crippen LogP contribution >= 0.6 is 23.5 Å². The summed E-state index contributed by atoms with van der Waals surface area (Å²) in [6, 6.07) is 7.91. The van der Waals surface area contributed by atoms with E-state index >= 15 is 0 Å². The third-order valence-corrected chi connectivity index (χ3v) is 7.74. The van der Waals surface area contributed by atoms with Crippen LogP contribution in [0, 0.1) is 34.5 Å². The summed E-state index contributed by atoms with van der Waals surface area (Å²) in [5.41, 5.74) is 0.142. The Morgan fingerprint density at radius 3 is 1.54 bits per heavy atom. The topological polar surface area (TPSA) is 66.0 Å². The van der Waals surface area contributed by atoms with Gasteiger partial charge in [-0.2, -0.15) is 10.5 Å². The molecule has 0 amide bonds. The third kappa shape index (κ3) is 5.40. The third-order valence-electron chi connectivity index (χ3n) is 5.12. The maximum absolute atomic E-state index is 9.26. The van der Waals surface area contributed by atoms with Crippen molar-refractivity contribution < 1.29 is 9.47 Å². The molecule has 0 saturated carbocycles. The van der Waals surface area contributed by atoms with E-state index in [1.54, 1.807) is 0 Å². The number of allylic oxidation sites excluding steroid dienone is 1. The summed E-state index contributed by atoms with van der Waals surface area (Å²) in [7, 11) is 0. The van der Waals surface area contributed by atoms with Gasteiger partial charge in [0.25, 0.3) is 0 Å². The smallest absolute Gasteiger partial charge is 0.150 e. The Morgan fingerprint density at radius 2 is 1.21 bits per heavy atom. The van der Waals surface area contributed by atoms with Crippen molar-refractivity contribution in [1.82, 2.24) is 0 Å². The summed E-state index contributed by atoms with van der Waals surface area (Å²) in [6.07, 6.45) is 4.31. The van der Waals surface area contributed by atoms with Gasteiger partial charge in [-0.05, 0) is 24.0 Å². The average molecular weight is 417 g/mol. The predicted molar refractivity (Wildman–Crippen MR) is 116 cm³/mol. The predicted octanol–water partition coefficient (Wildman–Crippen LogP) is 6.77. The molecule has 28 heavy (non-hydrogen) atoms. The highest BCUT2D eigenvalue weighted by molar-refractivity contribution is 8.24. The Bertz CT molecular complexity index is 722. The first-order chi connectivity index (χ1) is 13.6. The van der Waals surface area contributed by atoms with Crippen LogP contribution in [0.3, 0.4) is 0 Å². The van der Waals surface area contributed by atoms with Crippen molar-refractivity contribution in [2.24, 2.45) is 11.8 Å². The van der Waals surface area contributed by atoms with E-state index in [2.05, 4.69) is 27.7 Å². The molecule has 1 aliphatic rings. The SMILES string of the molecule is CCC(CC)COc1ccc(OCC(CC)CC)c2c1SC(=C(C#N)C#N)S2. The van der Waals surface area contributed by atoms with Crippen LogP contribution in [0.1, 0.15) is 53.4 Å². The second-order valence-electron chi connectivity index (χ2n) is 6.80. The summed E-state index contributed by atoms with van der Waals surface area (Å²) < 4.78 is 13.0. The van der Waals surface area contributed by atoms with Crippen LogP contribution in [0.15, 0.2) is 31.7 Å². The van der Waals surface area contributed by atoms with Crippen LogP contribution in [0.2, 0.25) is 0 Å². The van der Waals surface area contributed by atoms with Gasteiger partial charge >= 0.3 is 0 Å². The Morgan fingerprint density at radius 1 is 0.821 bits per heavy atom. The van der Waals surface area contributed by atoms with Gasteiger partial charge in [0, 0.05) is 0 Å². The number of nitriles is 2. The quantitative estimate of drug-likeness (QED) is 0.392. The fourth-order valence-corrected chi connectivity index (χ4v) is 5.35. The normalized spacial score (nSPS) is 12.6. The number of hydrogen-bond acceptors (Lipinski definition) is 6. The van der Waals surface area contributed by atoms with Gasteiger partial charge in [0.2, 0.25) is 0 Å². The van der Waals surface area contributed by atoms with Gasteiger partial charge in [0.15, 0.2) is 0 Å². The lowest BCUT2D eigenvalue weighted by atomic mass is 10.1. The van der Waals surface area contributed by atoms with Crippen molar-refractivity contribution >= 4 is 23.5 Å². The minimum absolute atomic E-state index is 0.142. The zero-order chi connectivity index (χ0) is 20.5. The van der Waals surface area contributed by atoms with Gasteiger partial charge in [0.1, 0.15) is 29.2 Å². The number of fused-ring (bicyclic) bond motifs is 1. The number of nitrogens with zero attached hydrogens (tertiary/aromatic N) is 2. The van der Waals surface area contributed by atoms with Gasteiger partial charge in [-0.3, -0.25) is 0 Å². The lowest BCUT2D eigenvalue weighted by Gasteiger charge is -2.18. The molecule has 0 aliphatic carbocycles. The Hall–Kier alpha value is -1.76. The molecule has 1 aromatic rings. The molecular formula is C22H28N2O2S2. The number of rotatable bonds is 10. The minimum atomic E-state index is 0.142. The zero-order valence-electron chi connectivity index (χ0n) is 17.1. The summed E-state index contributed by atoms with van der Waals surface area (Å²) in [5, 5.41) is 18.5. The molecule has 150 valence electrons. The molecule has 0 unspecified atom stereocenters. The summed E-state index contributed by atoms with van der Waals surface area (Å²) in [6.45, 7) is 10.0. The maximum Gasteiger partial charge on any atom is 0.150 e. The summed E-state index contributed by atoms with van der Waals surface area (Å²) in [4.78, 5) is 1.91. The maximum atomic E-state index is 9.26. The van der Waals surface area contributed by atoms with Gasteiger partial charge < -0.3 is 9.47 Å². The first-order valence-electron chi connectivity index (χ1n) is 9.94. The van der Waals surface area contributed by atoms with E-state index in [-0.39, 0.29) is 5.57 Å². The molecule has 0 aromatic heterocycles. The van der Waals surface area contributed by atoms with Gasteiger partial charge in [-0.15, -0.1) is 0 Å². The monoisotopic (exact) mass is 416 g/mol. The highest BCUT2D eigenvalue weighted by Gasteiger charge is 2.29. The van der Waals surface area contributed by atoms with E-state index in [1.807, 2.05) is 24.3 Å². The fraction of sp³-hybridized carbons (Fsp3) is 0.545. The first kappa shape index (κ1) is 22.5. The molecule has 0 N–H and O–H groups in total. The Labute approximate surface area is 177 Å². The first-order valence-corrected chi connectivity index (χ1v) is 11.6. The van der Waals surface area contributed by atoms with Crippen molar-refractivity contribution in [2.45, 2.75) is 63.2 Å². The molecule has 1 heterocycles. The van der Waals surface area contributed by atoms with Crippen LogP contribution in [-0.4, -0.2) is 13.2 Å². The summed E-state index contributed by atoms with van der Waals surface area (Å²) in [5.74, 6) is 2.65. The standard InChI is InChI=1S/C22H28N2O2S2/c1-5-15(6-2)13-25-18-9-10-19(26-14-16(7-3)8-4)21-20(18)27-22(28-21)17(11-23)12-24/h9-10,15-16H,5-8,13-14H2,1-4H3. The largest absolute Gasteiger partial charge is 0.492 e. The van der Waals surface area contributed by atoms with Gasteiger partial charge in [-0.1, -0.05) is 76.9 Å². The molecule has 0 atom stereocenters. The zero-order valence-corrected chi connectivity index (χ0v) is 18.7. The lowest BCUT2D eigenvalue weighted by molar-refractivity contribution is 0.226. The van der Waals surface area contributed by atoms with E-state index in [9.17, 15) is 10.5 Å². The van der Waals surface area contributed by atoms with Crippen LogP contribution < -0.4 is 9.47 Å². The minimum Gasteiger partial charge on any atom is -0.492 e. The van der Waals surface area contributed by atoms with Gasteiger partial charge in [-0.25, -0.2) is 0 Å². The van der Waals surface area contributed by atoms with E-state index in [4.69, 9.17) is 9.47 Å². The number of benzene rings is 1. The highest BCUT2D eigenvalue weighted by Crippen LogP contribution is 2.58. The Kier molecular flexibility index (Phi) is 9.09. The molecule has 0 saturated heterocycles. The molecular weight excluding hydrogens is 388 g/mol. The van der Waals surface area contributed by atoms with Crippen molar-refractivity contribution in [1.29, 1.82) is 10.5 Å². The summed E-state index contributed by atoms with van der Waals surface area (Å²) >= 11 is 2.88. The molecule has 0 bridgehead atoms. The van der Waals surface area contributed by atoms with Crippen LogP contribution in [-0.2, 0) is 0 Å². The molecule has 4 nitrogen and oxygen atoms in total. The molecule has 0 radical (unpaired) electrons. The number of ether oxygens (including phenoxy) is 2. The second-order valence-corrected chi connectivity index (χ2v) is 9.10. The lowest BCUT2D eigenvalue weighted by Crippen LogP contribution is -2.12. The second kappa shape index (κ2) is 11.3. The van der Waals surface area contributed by atoms with E-state index in [0.717, 1.165) is 47.0 Å². The molecule has 2 rings (SSSR count). The molecule has 6 heteroatoms. The van der Waals surface area contributed by atoms with Crippen LogP contribution in [0.5, 0.6) is 11.5 Å². The number of thioether (sulfide) groups is 2. The van der Waals surface area contributed by atoms with Crippen molar-refractivity contribution in [2.75, 3.05) is 13.2 Å². The molecule has 0 fully saturated rings. The molecule has 0 spiro atoms. The van der Waals surface area contributed by atoms with Crippen molar-refractivity contribution in [3.63, 3.8) is 0 Å². The Balaban J connectivity index is 2.32. The highest BCUT2D eigenvalue weighted by atomic mass is 32.2. The number of hydrogen-bond donors (Lipinski definition) is 0. The van der Waals surface area contributed by atoms with E-state index < -0.39 is 0 Å².